The zero-order valence-electron chi connectivity index (χ0n) is 13.5. The van der Waals surface area contributed by atoms with E-state index in [0.29, 0.717) is 18.8 Å². The highest BCUT2D eigenvalue weighted by atomic mass is 32.2. The first-order valence-electron chi connectivity index (χ1n) is 7.85. The maximum absolute atomic E-state index is 12.6. The van der Waals surface area contributed by atoms with Gasteiger partial charge in [-0.05, 0) is 38.1 Å². The summed E-state index contributed by atoms with van der Waals surface area (Å²) in [7, 11) is -3.47. The minimum Gasteiger partial charge on any atom is -0.450 e. The van der Waals surface area contributed by atoms with Gasteiger partial charge in [0, 0.05) is 5.69 Å². The van der Waals surface area contributed by atoms with Crippen LogP contribution >= 0.6 is 0 Å². The van der Waals surface area contributed by atoms with Crippen LogP contribution in [0.25, 0.3) is 0 Å². The molecule has 1 heterocycles. The molecule has 0 aromatic heterocycles. The minimum absolute atomic E-state index is 0.242. The number of amides is 1. The van der Waals surface area contributed by atoms with Gasteiger partial charge in [0.25, 0.3) is 0 Å². The Labute approximate surface area is 137 Å². The van der Waals surface area contributed by atoms with E-state index in [1.807, 2.05) is 0 Å². The molecule has 1 amide bonds. The highest BCUT2D eigenvalue weighted by Crippen LogP contribution is 2.18. The molecule has 1 aromatic rings. The van der Waals surface area contributed by atoms with Crippen LogP contribution < -0.4 is 10.2 Å². The van der Waals surface area contributed by atoms with E-state index in [1.165, 1.54) is 21.3 Å². The normalized spacial score (nSPS) is 17.0. The monoisotopic (exact) mass is 342 g/mol. The number of hydrogen-bond acceptors (Lipinski definition) is 4. The van der Waals surface area contributed by atoms with Crippen molar-refractivity contribution in [3.8, 4) is 0 Å². The molecule has 8 heteroatoms. The quantitative estimate of drug-likeness (QED) is 0.799. The number of hydrogen-bond donors (Lipinski definition) is 2. The van der Waals surface area contributed by atoms with Crippen LogP contribution in [0.5, 0.6) is 0 Å². The summed E-state index contributed by atoms with van der Waals surface area (Å²) in [5.74, 6) is 0. The average Bonchev–Trinajstić information content (AvgIpc) is 2.55. The molecule has 2 N–H and O–H groups in total. The minimum atomic E-state index is -3.47. The van der Waals surface area contributed by atoms with Gasteiger partial charge in [0.1, 0.15) is 0 Å². The Hall–Kier alpha value is -1.64. The molecule has 1 aromatic carbocycles. The molecule has 1 fully saturated rings. The van der Waals surface area contributed by atoms with Gasteiger partial charge in [0.2, 0.25) is 10.0 Å². The van der Waals surface area contributed by atoms with Gasteiger partial charge in [0.05, 0.1) is 44.2 Å². The second-order valence-corrected chi connectivity index (χ2v) is 7.32. The van der Waals surface area contributed by atoms with Crippen molar-refractivity contribution in [1.29, 1.82) is 0 Å². The van der Waals surface area contributed by atoms with Gasteiger partial charge < -0.3 is 9.64 Å². The van der Waals surface area contributed by atoms with Gasteiger partial charge in [-0.1, -0.05) is 0 Å². The van der Waals surface area contributed by atoms with Gasteiger partial charge in [0.15, 0.2) is 0 Å². The van der Waals surface area contributed by atoms with Crippen LogP contribution in [0, 0.1) is 0 Å². The second kappa shape index (κ2) is 7.76. The van der Waals surface area contributed by atoms with Crippen molar-refractivity contribution < 1.29 is 22.8 Å². The molecular formula is C15H24N3O4S+. The number of nitrogens with one attached hydrogen (secondary N) is 2. The van der Waals surface area contributed by atoms with Crippen LogP contribution in [0.2, 0.25) is 0 Å². The van der Waals surface area contributed by atoms with Crippen LogP contribution in [0.15, 0.2) is 29.2 Å². The zero-order valence-corrected chi connectivity index (χ0v) is 14.4. The molecule has 23 heavy (non-hydrogen) atoms. The Bertz CT molecular complexity index is 623. The molecule has 0 radical (unpaired) electrons. The molecule has 0 spiro atoms. The molecule has 1 aliphatic heterocycles. The zero-order chi connectivity index (χ0) is 16.9. The van der Waals surface area contributed by atoms with Crippen molar-refractivity contribution in [2.45, 2.75) is 18.7 Å². The van der Waals surface area contributed by atoms with Crippen LogP contribution in [0.1, 0.15) is 13.8 Å². The Morgan fingerprint density at radius 2 is 1.83 bits per heavy atom. The van der Waals surface area contributed by atoms with Crippen LogP contribution in [0.4, 0.5) is 10.5 Å². The van der Waals surface area contributed by atoms with Crippen molar-refractivity contribution >= 4 is 21.8 Å². The van der Waals surface area contributed by atoms with Gasteiger partial charge in [-0.15, -0.1) is 0 Å². The summed E-state index contributed by atoms with van der Waals surface area (Å²) >= 11 is 0. The molecule has 2 rings (SSSR count). The lowest BCUT2D eigenvalue weighted by Gasteiger charge is -2.30. The second-order valence-electron chi connectivity index (χ2n) is 5.38. The summed E-state index contributed by atoms with van der Waals surface area (Å²) < 4.78 is 31.6. The SMILES string of the molecule is CCOC(=O)Nc1ccc(S(=O)(=O)N2CC[NH+](CC)CC2)cc1. The number of anilines is 1. The maximum atomic E-state index is 12.6. The topological polar surface area (TPSA) is 80.1 Å². The van der Waals surface area contributed by atoms with E-state index in [-0.39, 0.29) is 11.5 Å². The third-order valence-corrected chi connectivity index (χ3v) is 5.86. The molecule has 1 aliphatic rings. The maximum Gasteiger partial charge on any atom is 0.411 e. The Kier molecular flexibility index (Phi) is 5.97. The first-order valence-corrected chi connectivity index (χ1v) is 9.29. The Morgan fingerprint density at radius 3 is 2.35 bits per heavy atom. The first-order chi connectivity index (χ1) is 11.0. The van der Waals surface area contributed by atoms with Crippen LogP contribution in [-0.2, 0) is 14.8 Å². The number of piperazine rings is 1. The van der Waals surface area contributed by atoms with E-state index in [9.17, 15) is 13.2 Å². The lowest BCUT2D eigenvalue weighted by Crippen LogP contribution is -3.14. The fourth-order valence-electron chi connectivity index (χ4n) is 2.54. The van der Waals surface area contributed by atoms with Crippen molar-refractivity contribution in [1.82, 2.24) is 4.31 Å². The average molecular weight is 342 g/mol. The van der Waals surface area contributed by atoms with Crippen molar-refractivity contribution in [3.05, 3.63) is 24.3 Å². The first kappa shape index (κ1) is 17.7. The molecule has 128 valence electrons. The lowest BCUT2D eigenvalue weighted by molar-refractivity contribution is -0.901. The van der Waals surface area contributed by atoms with Crippen LogP contribution in [0.3, 0.4) is 0 Å². The predicted molar refractivity (Wildman–Crippen MR) is 87.1 cm³/mol. The summed E-state index contributed by atoms with van der Waals surface area (Å²) in [6.45, 7) is 7.86. The van der Waals surface area contributed by atoms with E-state index in [2.05, 4.69) is 12.2 Å². The summed E-state index contributed by atoms with van der Waals surface area (Å²) in [6, 6.07) is 6.15. The highest BCUT2D eigenvalue weighted by Gasteiger charge is 2.29. The largest absolute Gasteiger partial charge is 0.450 e. The van der Waals surface area contributed by atoms with Crippen molar-refractivity contribution in [2.24, 2.45) is 0 Å². The van der Waals surface area contributed by atoms with Crippen molar-refractivity contribution in [3.63, 3.8) is 0 Å². The van der Waals surface area contributed by atoms with E-state index in [4.69, 9.17) is 4.74 Å². The summed E-state index contributed by atoms with van der Waals surface area (Å²) in [5, 5.41) is 2.54. The van der Waals surface area contributed by atoms with Gasteiger partial charge >= 0.3 is 6.09 Å². The van der Waals surface area contributed by atoms with Gasteiger partial charge in [-0.25, -0.2) is 13.2 Å². The standard InChI is InChI=1S/C15H23N3O4S/c1-3-17-9-11-18(12-10-17)23(20,21)14-7-5-13(6-8-14)16-15(19)22-4-2/h5-8H,3-4,9-12H2,1-2H3,(H,16,19)/p+1. The predicted octanol–water partition coefficient (Wildman–Crippen LogP) is 0.164. The molecule has 0 unspecified atom stereocenters. The highest BCUT2D eigenvalue weighted by molar-refractivity contribution is 7.89. The van der Waals surface area contributed by atoms with E-state index in [0.717, 1.165) is 19.6 Å². The van der Waals surface area contributed by atoms with Gasteiger partial charge in [-0.2, -0.15) is 4.31 Å². The Balaban J connectivity index is 2.04. The molecule has 7 nitrogen and oxygen atoms in total. The lowest BCUT2D eigenvalue weighted by atomic mass is 10.3. The van der Waals surface area contributed by atoms with Gasteiger partial charge in [-0.3, -0.25) is 5.32 Å². The summed E-state index contributed by atoms with van der Waals surface area (Å²) in [6.07, 6.45) is -0.554. The number of carbonyl (C=O) groups is 1. The fraction of sp³-hybridized carbons (Fsp3) is 0.533. The molecule has 0 aliphatic carbocycles. The fourth-order valence-corrected chi connectivity index (χ4v) is 3.98. The molecule has 0 saturated carbocycles. The third-order valence-electron chi connectivity index (χ3n) is 3.94. The van der Waals surface area contributed by atoms with Crippen molar-refractivity contribution in [2.75, 3.05) is 44.6 Å². The number of quaternary nitrogens is 1. The number of likely N-dealkylation sites (N-methyl/N-ethyl adjacent to an activating group) is 1. The molecule has 0 atom stereocenters. The summed E-state index contributed by atoms with van der Waals surface area (Å²) in [5.41, 5.74) is 0.502. The molecule has 1 saturated heterocycles. The number of carbonyl (C=O) groups excluding carboxylic acids is 1. The number of nitrogens with zero attached hydrogens (tertiary/aromatic N) is 1. The van der Waals surface area contributed by atoms with E-state index < -0.39 is 16.1 Å². The van der Waals surface area contributed by atoms with E-state index in [1.54, 1.807) is 19.1 Å². The molecular weight excluding hydrogens is 318 g/mol. The Morgan fingerprint density at radius 1 is 1.22 bits per heavy atom. The summed E-state index contributed by atoms with van der Waals surface area (Å²) in [4.78, 5) is 13.0. The number of benzene rings is 1. The van der Waals surface area contributed by atoms with Crippen LogP contribution in [-0.4, -0.2) is 58.1 Å². The molecule has 0 bridgehead atoms. The third kappa shape index (κ3) is 4.43. The smallest absolute Gasteiger partial charge is 0.411 e. The van der Waals surface area contributed by atoms with E-state index >= 15 is 0 Å². The number of ether oxygens (including phenoxy) is 1. The number of rotatable bonds is 5. The number of sulfonamides is 1.